The zero-order valence-corrected chi connectivity index (χ0v) is 18.7. The Balaban J connectivity index is 1.48. The summed E-state index contributed by atoms with van der Waals surface area (Å²) in [5.41, 5.74) is 2.25. The Kier molecular flexibility index (Phi) is 6.51. The van der Waals surface area contributed by atoms with Gasteiger partial charge in [-0.3, -0.25) is 9.59 Å². The lowest BCUT2D eigenvalue weighted by molar-refractivity contribution is -0.115. The third-order valence-electron chi connectivity index (χ3n) is 5.06. The molecule has 0 saturated carbocycles. The third kappa shape index (κ3) is 4.94. The van der Waals surface area contributed by atoms with Crippen molar-refractivity contribution >= 4 is 35.2 Å². The predicted octanol–water partition coefficient (Wildman–Crippen LogP) is 4.66. The van der Waals surface area contributed by atoms with Gasteiger partial charge in [0.15, 0.2) is 11.5 Å². The first-order chi connectivity index (χ1) is 16.0. The minimum Gasteiger partial charge on any atom is -0.497 e. The molecule has 0 bridgehead atoms. The summed E-state index contributed by atoms with van der Waals surface area (Å²) in [5.74, 6) is 1.08. The summed E-state index contributed by atoms with van der Waals surface area (Å²) in [4.78, 5) is 25.2. The van der Waals surface area contributed by atoms with Gasteiger partial charge in [0, 0.05) is 28.8 Å². The molecule has 1 heterocycles. The van der Waals surface area contributed by atoms with Gasteiger partial charge in [0.25, 0.3) is 11.8 Å². The molecule has 0 saturated heterocycles. The molecule has 3 aromatic rings. The molecule has 1 aliphatic heterocycles. The van der Waals surface area contributed by atoms with E-state index in [0.717, 1.165) is 5.56 Å². The number of halogens is 1. The van der Waals surface area contributed by atoms with Gasteiger partial charge in [-0.2, -0.15) is 0 Å². The normalized spacial score (nSPS) is 13.5. The van der Waals surface area contributed by atoms with Gasteiger partial charge in [-0.05, 0) is 48.0 Å². The maximum absolute atomic E-state index is 12.7. The first kappa shape index (κ1) is 22.2. The van der Waals surface area contributed by atoms with Gasteiger partial charge < -0.3 is 24.8 Å². The molecule has 0 aromatic heterocycles. The average Bonchev–Trinajstić information content (AvgIpc) is 2.83. The van der Waals surface area contributed by atoms with Gasteiger partial charge in [-0.25, -0.2) is 0 Å². The zero-order valence-electron chi connectivity index (χ0n) is 18.0. The van der Waals surface area contributed by atoms with Crippen LogP contribution in [0.3, 0.4) is 0 Å². The highest BCUT2D eigenvalue weighted by atomic mass is 35.5. The quantitative estimate of drug-likeness (QED) is 0.518. The number of benzene rings is 3. The number of fused-ring (bicyclic) bond motifs is 1. The van der Waals surface area contributed by atoms with Gasteiger partial charge in [-0.1, -0.05) is 29.8 Å². The molecule has 2 amide bonds. The molecule has 0 aliphatic carbocycles. The van der Waals surface area contributed by atoms with E-state index < -0.39 is 5.91 Å². The van der Waals surface area contributed by atoms with Crippen LogP contribution in [0.5, 0.6) is 17.2 Å². The summed E-state index contributed by atoms with van der Waals surface area (Å²) in [6, 6.07) is 17.3. The van der Waals surface area contributed by atoms with Crippen LogP contribution < -0.4 is 24.8 Å². The average molecular weight is 465 g/mol. The van der Waals surface area contributed by atoms with Crippen molar-refractivity contribution < 1.29 is 23.8 Å². The van der Waals surface area contributed by atoms with E-state index in [-0.39, 0.29) is 18.2 Å². The van der Waals surface area contributed by atoms with Crippen LogP contribution in [0.4, 0.5) is 5.69 Å². The van der Waals surface area contributed by atoms with Crippen LogP contribution >= 0.6 is 11.6 Å². The lowest BCUT2D eigenvalue weighted by Crippen LogP contribution is -2.26. The number of carbonyl (C=O) groups is 2. The molecule has 0 unspecified atom stereocenters. The number of anilines is 1. The zero-order chi connectivity index (χ0) is 23.4. The van der Waals surface area contributed by atoms with Gasteiger partial charge in [0.2, 0.25) is 0 Å². The van der Waals surface area contributed by atoms with E-state index in [2.05, 4.69) is 10.6 Å². The predicted molar refractivity (Wildman–Crippen MR) is 126 cm³/mol. The lowest BCUT2D eigenvalue weighted by atomic mass is 10.1. The molecule has 8 heteroatoms. The number of nitrogens with one attached hydrogen (secondary N) is 2. The number of amides is 2. The minimum atomic E-state index is -0.428. The van der Waals surface area contributed by atoms with Gasteiger partial charge >= 0.3 is 0 Å². The van der Waals surface area contributed by atoms with E-state index >= 15 is 0 Å². The van der Waals surface area contributed by atoms with Crippen LogP contribution in [0, 0.1) is 0 Å². The fourth-order valence-electron chi connectivity index (χ4n) is 3.31. The lowest BCUT2D eigenvalue weighted by Gasteiger charge is -2.20. The molecule has 1 aliphatic rings. The van der Waals surface area contributed by atoms with E-state index in [1.165, 1.54) is 0 Å². The van der Waals surface area contributed by atoms with Crippen molar-refractivity contribution in [2.45, 2.75) is 6.54 Å². The Morgan fingerprint density at radius 1 is 1.09 bits per heavy atom. The Morgan fingerprint density at radius 2 is 1.91 bits per heavy atom. The van der Waals surface area contributed by atoms with Crippen molar-refractivity contribution in [3.63, 3.8) is 0 Å². The van der Waals surface area contributed by atoms with Crippen molar-refractivity contribution in [2.24, 2.45) is 0 Å². The second kappa shape index (κ2) is 9.67. The van der Waals surface area contributed by atoms with Gasteiger partial charge in [0.1, 0.15) is 11.5 Å². The molecule has 0 radical (unpaired) electrons. The molecule has 168 valence electrons. The van der Waals surface area contributed by atoms with Crippen LogP contribution in [0.15, 0.2) is 66.4 Å². The monoisotopic (exact) mass is 464 g/mol. The first-order valence-corrected chi connectivity index (χ1v) is 10.4. The summed E-state index contributed by atoms with van der Waals surface area (Å²) < 4.78 is 16.3. The Hall–Kier alpha value is -3.97. The van der Waals surface area contributed by atoms with Crippen LogP contribution in [-0.4, -0.2) is 26.0 Å². The Morgan fingerprint density at radius 3 is 2.67 bits per heavy atom. The van der Waals surface area contributed by atoms with Crippen LogP contribution in [0.2, 0.25) is 5.02 Å². The van der Waals surface area contributed by atoms with Gasteiger partial charge in [0.05, 0.1) is 19.9 Å². The molecule has 2 N–H and O–H groups in total. The Labute approximate surface area is 195 Å². The van der Waals surface area contributed by atoms with Crippen molar-refractivity contribution in [1.82, 2.24) is 5.32 Å². The molecule has 0 fully saturated rings. The summed E-state index contributed by atoms with van der Waals surface area (Å²) >= 11 is 6.16. The summed E-state index contributed by atoms with van der Waals surface area (Å²) in [6.07, 6.45) is 1.57. The van der Waals surface area contributed by atoms with Crippen LogP contribution in [0.1, 0.15) is 21.5 Å². The number of ether oxygens (including phenoxy) is 3. The van der Waals surface area contributed by atoms with Gasteiger partial charge in [-0.15, -0.1) is 0 Å². The highest BCUT2D eigenvalue weighted by Crippen LogP contribution is 2.33. The second-order valence-corrected chi connectivity index (χ2v) is 7.56. The molecule has 3 aromatic carbocycles. The Bertz CT molecular complexity index is 1260. The van der Waals surface area contributed by atoms with Crippen molar-refractivity contribution in [2.75, 3.05) is 19.5 Å². The van der Waals surface area contributed by atoms with Crippen molar-refractivity contribution in [1.29, 1.82) is 0 Å². The van der Waals surface area contributed by atoms with E-state index in [9.17, 15) is 9.59 Å². The SMILES string of the molecule is COc1ccc(CNC(=O)c2ccc3c(c2)NC(=O)C(=Cc2ccccc2Cl)O3)c(OC)c1. The largest absolute Gasteiger partial charge is 0.497 e. The molecule has 0 spiro atoms. The molecular weight excluding hydrogens is 444 g/mol. The number of methoxy groups -OCH3 is 2. The summed E-state index contributed by atoms with van der Waals surface area (Å²) in [7, 11) is 3.13. The summed E-state index contributed by atoms with van der Waals surface area (Å²) in [5, 5.41) is 6.12. The standard InChI is InChI=1S/C25H21ClN2O5/c1-31-18-9-7-17(22(13-18)32-2)14-27-24(29)16-8-10-21-20(11-16)28-25(30)23(33-21)12-15-5-3-4-6-19(15)26/h3-13H,14H2,1-2H3,(H,27,29)(H,28,30). The first-order valence-electron chi connectivity index (χ1n) is 10.1. The van der Waals surface area contributed by atoms with Crippen LogP contribution in [-0.2, 0) is 11.3 Å². The highest BCUT2D eigenvalue weighted by Gasteiger charge is 2.23. The number of hydrogen-bond donors (Lipinski definition) is 2. The molecule has 0 atom stereocenters. The molecule has 33 heavy (non-hydrogen) atoms. The second-order valence-electron chi connectivity index (χ2n) is 7.16. The number of hydrogen-bond acceptors (Lipinski definition) is 5. The van der Waals surface area contributed by atoms with E-state index in [1.54, 1.807) is 68.8 Å². The number of carbonyl (C=O) groups excluding carboxylic acids is 2. The molecule has 7 nitrogen and oxygen atoms in total. The maximum atomic E-state index is 12.7. The fraction of sp³-hybridized carbons (Fsp3) is 0.120. The third-order valence-corrected chi connectivity index (χ3v) is 5.40. The number of rotatable bonds is 6. The highest BCUT2D eigenvalue weighted by molar-refractivity contribution is 6.32. The maximum Gasteiger partial charge on any atom is 0.291 e. The van der Waals surface area contributed by atoms with E-state index in [0.29, 0.717) is 39.1 Å². The topological polar surface area (TPSA) is 85.9 Å². The van der Waals surface area contributed by atoms with E-state index in [1.807, 2.05) is 12.1 Å². The van der Waals surface area contributed by atoms with Crippen LogP contribution in [0.25, 0.3) is 6.08 Å². The fourth-order valence-corrected chi connectivity index (χ4v) is 3.50. The van der Waals surface area contributed by atoms with Crippen molar-refractivity contribution in [3.05, 3.63) is 88.1 Å². The molecule has 4 rings (SSSR count). The van der Waals surface area contributed by atoms with E-state index in [4.69, 9.17) is 25.8 Å². The molecular formula is C25H21ClN2O5. The smallest absolute Gasteiger partial charge is 0.291 e. The van der Waals surface area contributed by atoms with Crippen molar-refractivity contribution in [3.8, 4) is 17.2 Å². The minimum absolute atomic E-state index is 0.111. The summed E-state index contributed by atoms with van der Waals surface area (Å²) in [6.45, 7) is 0.261.